The van der Waals surface area contributed by atoms with E-state index < -0.39 is 0 Å². The molecule has 0 nitrogen and oxygen atoms in total. The third kappa shape index (κ3) is 3.29. The quantitative estimate of drug-likeness (QED) is 0.554. The molecule has 0 aromatic carbocycles. The van der Waals surface area contributed by atoms with Crippen LogP contribution in [-0.2, 0) is 0 Å². The largest absolute Gasteiger partial charge is 0.0651 e. The predicted molar refractivity (Wildman–Crippen MR) is 62.2 cm³/mol. The monoisotopic (exact) mass is 194 g/mol. The molecule has 0 spiro atoms. The van der Waals surface area contributed by atoms with Crippen molar-refractivity contribution in [2.45, 2.75) is 65.2 Å². The Morgan fingerprint density at radius 3 is 2.64 bits per heavy atom. The van der Waals surface area contributed by atoms with Crippen molar-refractivity contribution in [1.29, 1.82) is 0 Å². The van der Waals surface area contributed by atoms with Crippen LogP contribution in [-0.4, -0.2) is 0 Å². The van der Waals surface area contributed by atoms with Crippen molar-refractivity contribution in [3.8, 4) is 0 Å². The second kappa shape index (κ2) is 4.68. The van der Waals surface area contributed by atoms with Crippen molar-refractivity contribution >= 4 is 0 Å². The summed E-state index contributed by atoms with van der Waals surface area (Å²) in [4.78, 5) is 0. The van der Waals surface area contributed by atoms with Crippen LogP contribution in [0.2, 0.25) is 0 Å². The minimum Gasteiger partial charge on any atom is -0.0651 e. The third-order valence-corrected chi connectivity index (χ3v) is 4.37. The number of hydrogen-bond acceptors (Lipinski definition) is 0. The van der Waals surface area contributed by atoms with Gasteiger partial charge in [0.25, 0.3) is 0 Å². The fraction of sp³-hybridized carbons (Fsp3) is 1.00. The van der Waals surface area contributed by atoms with Crippen LogP contribution in [0.4, 0.5) is 0 Å². The van der Waals surface area contributed by atoms with Crippen molar-refractivity contribution in [3.05, 3.63) is 0 Å². The molecule has 14 heavy (non-hydrogen) atoms. The lowest BCUT2D eigenvalue weighted by molar-refractivity contribution is 0.461. The van der Waals surface area contributed by atoms with Crippen LogP contribution in [0.25, 0.3) is 0 Å². The van der Waals surface area contributed by atoms with Crippen LogP contribution in [0.1, 0.15) is 65.2 Å². The maximum Gasteiger partial charge on any atom is -0.0380 e. The molecule has 0 amide bonds. The molecule has 0 aromatic rings. The van der Waals surface area contributed by atoms with Gasteiger partial charge in [-0.05, 0) is 36.5 Å². The zero-order valence-electron chi connectivity index (χ0n) is 9.97. The molecule has 0 bridgehead atoms. The lowest BCUT2D eigenvalue weighted by atomic mass is 9.99. The Kier molecular flexibility index (Phi) is 3.52. The Morgan fingerprint density at radius 1 is 1.21 bits per heavy atom. The van der Waals surface area contributed by atoms with Crippen molar-refractivity contribution in [2.24, 2.45) is 23.7 Å². The van der Waals surface area contributed by atoms with Gasteiger partial charge in [-0.25, -0.2) is 0 Å². The summed E-state index contributed by atoms with van der Waals surface area (Å²) < 4.78 is 0. The Labute approximate surface area is 89.5 Å². The van der Waals surface area contributed by atoms with E-state index in [2.05, 4.69) is 13.8 Å². The molecule has 2 aliphatic rings. The molecule has 0 saturated heterocycles. The summed E-state index contributed by atoms with van der Waals surface area (Å²) in [6, 6.07) is 0. The van der Waals surface area contributed by atoms with Gasteiger partial charge < -0.3 is 0 Å². The Morgan fingerprint density at radius 2 is 2.00 bits per heavy atom. The molecule has 2 rings (SSSR count). The summed E-state index contributed by atoms with van der Waals surface area (Å²) in [5.41, 5.74) is 0. The predicted octanol–water partition coefficient (Wildman–Crippen LogP) is 4.64. The van der Waals surface area contributed by atoms with Gasteiger partial charge in [0.1, 0.15) is 0 Å². The summed E-state index contributed by atoms with van der Waals surface area (Å²) in [5.74, 6) is 4.45. The van der Waals surface area contributed by atoms with Gasteiger partial charge in [-0.1, -0.05) is 52.4 Å². The van der Waals surface area contributed by atoms with E-state index in [0.29, 0.717) is 0 Å². The number of hydrogen-bond donors (Lipinski definition) is 0. The first kappa shape index (κ1) is 10.5. The molecule has 2 fully saturated rings. The fourth-order valence-electron chi connectivity index (χ4n) is 2.67. The van der Waals surface area contributed by atoms with Gasteiger partial charge in [-0.2, -0.15) is 0 Å². The highest BCUT2D eigenvalue weighted by atomic mass is 14.4. The lowest BCUT2D eigenvalue weighted by Gasteiger charge is -2.07. The Balaban J connectivity index is 1.47. The molecule has 3 atom stereocenters. The zero-order chi connectivity index (χ0) is 9.97. The van der Waals surface area contributed by atoms with Gasteiger partial charge >= 0.3 is 0 Å². The van der Waals surface area contributed by atoms with Crippen molar-refractivity contribution in [3.63, 3.8) is 0 Å². The Bertz CT molecular complexity index is 169. The van der Waals surface area contributed by atoms with Gasteiger partial charge in [-0.3, -0.25) is 0 Å². The highest BCUT2D eigenvalue weighted by Gasteiger charge is 2.39. The summed E-state index contributed by atoms with van der Waals surface area (Å²) in [5, 5.41) is 0. The maximum absolute atomic E-state index is 2.40. The van der Waals surface area contributed by atoms with E-state index in [4.69, 9.17) is 0 Å². The average Bonchev–Trinajstić information content (AvgIpc) is 3.06. The molecule has 0 heteroatoms. The minimum atomic E-state index is 0.968. The molecular formula is C14H26. The van der Waals surface area contributed by atoms with Crippen molar-refractivity contribution in [2.75, 3.05) is 0 Å². The first-order valence-electron chi connectivity index (χ1n) is 6.79. The van der Waals surface area contributed by atoms with E-state index in [1.807, 2.05) is 0 Å². The highest BCUT2D eigenvalue weighted by Crippen LogP contribution is 2.50. The van der Waals surface area contributed by atoms with Gasteiger partial charge in [0, 0.05) is 0 Å². The summed E-state index contributed by atoms with van der Waals surface area (Å²) in [7, 11) is 0. The highest BCUT2D eigenvalue weighted by molar-refractivity contribution is 4.90. The van der Waals surface area contributed by atoms with Crippen LogP contribution < -0.4 is 0 Å². The van der Waals surface area contributed by atoms with E-state index in [9.17, 15) is 0 Å². The van der Waals surface area contributed by atoms with Gasteiger partial charge in [-0.15, -0.1) is 0 Å². The van der Waals surface area contributed by atoms with E-state index in [-0.39, 0.29) is 0 Å². The molecule has 0 heterocycles. The van der Waals surface area contributed by atoms with E-state index >= 15 is 0 Å². The second-order valence-electron chi connectivity index (χ2n) is 5.88. The van der Waals surface area contributed by atoms with Crippen LogP contribution in [0, 0.1) is 23.7 Å². The molecule has 0 N–H and O–H groups in total. The molecule has 2 saturated carbocycles. The standard InChI is InChI=1S/C14H26/c1-3-11(2)5-4-6-13-10-14(13)9-12-7-8-12/h11-14H,3-10H2,1-2H3. The van der Waals surface area contributed by atoms with Gasteiger partial charge in [0.05, 0.1) is 0 Å². The molecule has 0 aromatic heterocycles. The minimum absolute atomic E-state index is 0.968. The van der Waals surface area contributed by atoms with Crippen LogP contribution in [0.5, 0.6) is 0 Å². The summed E-state index contributed by atoms with van der Waals surface area (Å²) in [6.07, 6.45) is 12.2. The Hall–Kier alpha value is 0. The zero-order valence-corrected chi connectivity index (χ0v) is 9.97. The van der Waals surface area contributed by atoms with E-state index in [0.717, 1.165) is 11.8 Å². The fourth-order valence-corrected chi connectivity index (χ4v) is 2.67. The number of rotatable bonds is 7. The van der Waals surface area contributed by atoms with Crippen LogP contribution >= 0.6 is 0 Å². The first-order valence-corrected chi connectivity index (χ1v) is 6.79. The molecule has 2 aliphatic carbocycles. The summed E-state index contributed by atoms with van der Waals surface area (Å²) >= 11 is 0. The molecule has 3 unspecified atom stereocenters. The van der Waals surface area contributed by atoms with E-state index in [1.165, 1.54) is 31.1 Å². The maximum atomic E-state index is 2.40. The molecule has 0 aliphatic heterocycles. The van der Waals surface area contributed by atoms with E-state index in [1.54, 1.807) is 32.1 Å². The molecule has 82 valence electrons. The van der Waals surface area contributed by atoms with Gasteiger partial charge in [0.2, 0.25) is 0 Å². The van der Waals surface area contributed by atoms with Crippen LogP contribution in [0.15, 0.2) is 0 Å². The smallest absolute Gasteiger partial charge is 0.0380 e. The molecule has 0 radical (unpaired) electrons. The lowest BCUT2D eigenvalue weighted by Crippen LogP contribution is -1.93. The normalized spacial score (nSPS) is 33.0. The van der Waals surface area contributed by atoms with Gasteiger partial charge in [0.15, 0.2) is 0 Å². The topological polar surface area (TPSA) is 0 Å². The first-order chi connectivity index (χ1) is 6.79. The van der Waals surface area contributed by atoms with Crippen LogP contribution in [0.3, 0.4) is 0 Å². The van der Waals surface area contributed by atoms with Crippen molar-refractivity contribution < 1.29 is 0 Å². The third-order valence-electron chi connectivity index (χ3n) is 4.37. The molecular weight excluding hydrogens is 168 g/mol. The SMILES string of the molecule is CCC(C)CCCC1CC1CC1CC1. The average molecular weight is 194 g/mol. The summed E-state index contributed by atoms with van der Waals surface area (Å²) in [6.45, 7) is 4.71. The van der Waals surface area contributed by atoms with Crippen molar-refractivity contribution in [1.82, 2.24) is 0 Å². The second-order valence-corrected chi connectivity index (χ2v) is 5.88.